The van der Waals surface area contributed by atoms with Crippen molar-refractivity contribution in [2.24, 2.45) is 0 Å². The first-order valence-electron chi connectivity index (χ1n) is 6.03. The van der Waals surface area contributed by atoms with Crippen molar-refractivity contribution in [1.82, 2.24) is 35.2 Å². The van der Waals surface area contributed by atoms with Gasteiger partial charge in [-0.1, -0.05) is 19.1 Å². The summed E-state index contributed by atoms with van der Waals surface area (Å²) in [4.78, 5) is 0. The minimum absolute atomic E-state index is 0.0922. The molecule has 0 N–H and O–H groups in total. The number of aromatic nitrogens is 7. The highest BCUT2D eigenvalue weighted by molar-refractivity contribution is 6.20. The standard InChI is InChI=1S/C10H16ClN7/c1-3-5-18-10(13-14-16-18)7-17-6-9(12-15-17)8(11)4-2/h6,8H,3-5,7H2,1-2H3. The Bertz CT molecular complexity index is 492. The van der Waals surface area contributed by atoms with E-state index in [1.54, 1.807) is 9.36 Å². The van der Waals surface area contributed by atoms with Gasteiger partial charge < -0.3 is 0 Å². The van der Waals surface area contributed by atoms with Crippen molar-refractivity contribution in [3.63, 3.8) is 0 Å². The fourth-order valence-corrected chi connectivity index (χ4v) is 1.71. The lowest BCUT2D eigenvalue weighted by Crippen LogP contribution is -2.10. The summed E-state index contributed by atoms with van der Waals surface area (Å²) in [5.41, 5.74) is 0.786. The van der Waals surface area contributed by atoms with Crippen LogP contribution in [0, 0.1) is 0 Å². The van der Waals surface area contributed by atoms with Crippen LogP contribution in [0.25, 0.3) is 0 Å². The average molecular weight is 270 g/mol. The Balaban J connectivity index is 2.09. The third-order valence-corrected chi connectivity index (χ3v) is 3.11. The number of nitrogens with zero attached hydrogens (tertiary/aromatic N) is 7. The molecule has 7 nitrogen and oxygen atoms in total. The number of hydrogen-bond acceptors (Lipinski definition) is 5. The highest BCUT2D eigenvalue weighted by Crippen LogP contribution is 2.20. The summed E-state index contributed by atoms with van der Waals surface area (Å²) >= 11 is 6.11. The van der Waals surface area contributed by atoms with Crippen LogP contribution >= 0.6 is 11.6 Å². The maximum Gasteiger partial charge on any atom is 0.172 e. The molecule has 0 aliphatic heterocycles. The smallest absolute Gasteiger partial charge is 0.172 e. The van der Waals surface area contributed by atoms with Crippen molar-refractivity contribution in [1.29, 1.82) is 0 Å². The van der Waals surface area contributed by atoms with E-state index >= 15 is 0 Å². The fraction of sp³-hybridized carbons (Fsp3) is 0.700. The van der Waals surface area contributed by atoms with Gasteiger partial charge in [-0.2, -0.15) is 0 Å². The van der Waals surface area contributed by atoms with Gasteiger partial charge in [-0.3, -0.25) is 0 Å². The molecule has 0 spiro atoms. The zero-order valence-corrected chi connectivity index (χ0v) is 11.2. The summed E-state index contributed by atoms with van der Waals surface area (Å²) in [6, 6.07) is 0. The molecular formula is C10H16ClN7. The molecule has 0 amide bonds. The van der Waals surface area contributed by atoms with Crippen molar-refractivity contribution < 1.29 is 0 Å². The van der Waals surface area contributed by atoms with Gasteiger partial charge in [-0.15, -0.1) is 21.8 Å². The number of tetrazole rings is 1. The maximum atomic E-state index is 6.11. The summed E-state index contributed by atoms with van der Waals surface area (Å²) in [6.07, 6.45) is 3.65. The van der Waals surface area contributed by atoms with Crippen LogP contribution in [-0.2, 0) is 13.1 Å². The van der Waals surface area contributed by atoms with E-state index in [1.165, 1.54) is 0 Å². The topological polar surface area (TPSA) is 74.3 Å². The molecule has 0 aliphatic rings. The molecule has 2 rings (SSSR count). The molecule has 2 aromatic heterocycles. The molecule has 1 unspecified atom stereocenters. The normalized spacial score (nSPS) is 12.8. The van der Waals surface area contributed by atoms with Crippen molar-refractivity contribution in [3.05, 3.63) is 17.7 Å². The molecule has 18 heavy (non-hydrogen) atoms. The van der Waals surface area contributed by atoms with Crippen LogP contribution in [0.1, 0.15) is 43.6 Å². The molecule has 98 valence electrons. The number of alkyl halides is 1. The van der Waals surface area contributed by atoms with E-state index in [0.29, 0.717) is 6.54 Å². The van der Waals surface area contributed by atoms with Crippen molar-refractivity contribution in [2.75, 3.05) is 0 Å². The van der Waals surface area contributed by atoms with E-state index in [4.69, 9.17) is 11.6 Å². The van der Waals surface area contributed by atoms with Crippen molar-refractivity contribution in [2.45, 2.75) is 45.2 Å². The highest BCUT2D eigenvalue weighted by atomic mass is 35.5. The quantitative estimate of drug-likeness (QED) is 0.742. The Morgan fingerprint density at radius 1 is 1.28 bits per heavy atom. The Morgan fingerprint density at radius 2 is 2.11 bits per heavy atom. The Morgan fingerprint density at radius 3 is 2.83 bits per heavy atom. The maximum absolute atomic E-state index is 6.11. The van der Waals surface area contributed by atoms with Gasteiger partial charge in [0, 0.05) is 6.54 Å². The number of aryl methyl sites for hydroxylation is 1. The summed E-state index contributed by atoms with van der Waals surface area (Å²) in [6.45, 7) is 5.40. The highest BCUT2D eigenvalue weighted by Gasteiger charge is 2.12. The SMILES string of the molecule is CCCn1nnnc1Cn1cc(C(Cl)CC)nn1. The molecule has 0 fully saturated rings. The first-order chi connectivity index (χ1) is 8.74. The first-order valence-corrected chi connectivity index (χ1v) is 6.47. The van der Waals surface area contributed by atoms with E-state index in [9.17, 15) is 0 Å². The first kappa shape index (κ1) is 12.9. The predicted molar refractivity (Wildman–Crippen MR) is 66.1 cm³/mol. The van der Waals surface area contributed by atoms with Crippen molar-refractivity contribution >= 4 is 11.6 Å². The number of rotatable bonds is 6. The van der Waals surface area contributed by atoms with Crippen LogP contribution in [0.5, 0.6) is 0 Å². The largest absolute Gasteiger partial charge is 0.244 e. The average Bonchev–Trinajstić information content (AvgIpc) is 3.00. The third kappa shape index (κ3) is 2.84. The van der Waals surface area contributed by atoms with Crippen LogP contribution in [0.2, 0.25) is 0 Å². The Hall–Kier alpha value is -1.50. The summed E-state index contributed by atoms with van der Waals surface area (Å²) in [5.74, 6) is 0.774. The van der Waals surface area contributed by atoms with E-state index in [0.717, 1.165) is 30.9 Å². The fourth-order valence-electron chi connectivity index (χ4n) is 1.61. The zero-order chi connectivity index (χ0) is 13.0. The van der Waals surface area contributed by atoms with Gasteiger partial charge in [-0.05, 0) is 23.3 Å². The van der Waals surface area contributed by atoms with E-state index in [-0.39, 0.29) is 5.38 Å². The van der Waals surface area contributed by atoms with E-state index in [1.807, 2.05) is 13.1 Å². The molecule has 0 saturated carbocycles. The van der Waals surface area contributed by atoms with Gasteiger partial charge in [0.2, 0.25) is 0 Å². The van der Waals surface area contributed by atoms with Crippen LogP contribution in [0.3, 0.4) is 0 Å². The molecule has 1 atom stereocenters. The minimum Gasteiger partial charge on any atom is -0.244 e. The lowest BCUT2D eigenvalue weighted by Gasteiger charge is -2.02. The monoisotopic (exact) mass is 269 g/mol. The summed E-state index contributed by atoms with van der Waals surface area (Å²) < 4.78 is 3.48. The minimum atomic E-state index is -0.0922. The predicted octanol–water partition coefficient (Wildman–Crippen LogP) is 1.41. The molecule has 0 aliphatic carbocycles. The van der Waals surface area contributed by atoms with E-state index < -0.39 is 0 Å². The van der Waals surface area contributed by atoms with Crippen LogP contribution in [0.4, 0.5) is 0 Å². The molecule has 0 aromatic carbocycles. The summed E-state index contributed by atoms with van der Waals surface area (Å²) in [5, 5.41) is 19.6. The zero-order valence-electron chi connectivity index (χ0n) is 10.5. The third-order valence-electron chi connectivity index (χ3n) is 2.58. The molecule has 0 saturated heterocycles. The lowest BCUT2D eigenvalue weighted by atomic mass is 10.3. The lowest BCUT2D eigenvalue weighted by molar-refractivity contribution is 0.526. The molecule has 2 heterocycles. The second-order valence-electron chi connectivity index (χ2n) is 4.04. The Labute approximate surface area is 110 Å². The van der Waals surface area contributed by atoms with Crippen molar-refractivity contribution in [3.8, 4) is 0 Å². The van der Waals surface area contributed by atoms with Gasteiger partial charge in [0.1, 0.15) is 12.2 Å². The molecule has 0 bridgehead atoms. The van der Waals surface area contributed by atoms with Gasteiger partial charge in [0.05, 0.1) is 11.6 Å². The molecule has 8 heteroatoms. The summed E-state index contributed by atoms with van der Waals surface area (Å²) in [7, 11) is 0. The van der Waals surface area contributed by atoms with Gasteiger partial charge in [0.25, 0.3) is 0 Å². The van der Waals surface area contributed by atoms with Gasteiger partial charge in [-0.25, -0.2) is 9.36 Å². The van der Waals surface area contributed by atoms with Crippen LogP contribution in [0.15, 0.2) is 6.20 Å². The molecule has 0 radical (unpaired) electrons. The molecule has 2 aromatic rings. The number of halogens is 1. The molecular weight excluding hydrogens is 254 g/mol. The van der Waals surface area contributed by atoms with Crippen LogP contribution < -0.4 is 0 Å². The second-order valence-corrected chi connectivity index (χ2v) is 4.56. The second kappa shape index (κ2) is 5.90. The van der Waals surface area contributed by atoms with Gasteiger partial charge in [0.15, 0.2) is 5.82 Å². The number of hydrogen-bond donors (Lipinski definition) is 0. The Kier molecular flexibility index (Phi) is 4.24. The van der Waals surface area contributed by atoms with E-state index in [2.05, 4.69) is 32.8 Å². The van der Waals surface area contributed by atoms with Gasteiger partial charge >= 0.3 is 0 Å². The van der Waals surface area contributed by atoms with Crippen LogP contribution in [-0.4, -0.2) is 35.2 Å².